The average molecular weight is 379 g/mol. The Morgan fingerprint density at radius 3 is 2.07 bits per heavy atom. The van der Waals surface area contributed by atoms with Gasteiger partial charge in [0.15, 0.2) is 5.54 Å². The highest BCUT2D eigenvalue weighted by Gasteiger charge is 2.53. The van der Waals surface area contributed by atoms with E-state index in [1.165, 1.54) is 0 Å². The summed E-state index contributed by atoms with van der Waals surface area (Å²) >= 11 is 0. The van der Waals surface area contributed by atoms with E-state index in [1.54, 1.807) is 48.5 Å². The van der Waals surface area contributed by atoms with Crippen molar-refractivity contribution in [2.24, 2.45) is 11.8 Å². The lowest BCUT2D eigenvalue weighted by atomic mass is 9.76. The van der Waals surface area contributed by atoms with Crippen LogP contribution in [0.25, 0.3) is 0 Å². The smallest absolute Gasteiger partial charge is 0.408 e. The molecule has 2 N–H and O–H groups in total. The van der Waals surface area contributed by atoms with Crippen molar-refractivity contribution in [3.63, 3.8) is 0 Å². The number of carbonyl (C=O) groups excluding carboxylic acids is 2. The first-order valence-corrected chi connectivity index (χ1v) is 9.30. The van der Waals surface area contributed by atoms with E-state index in [1.807, 2.05) is 30.3 Å². The van der Waals surface area contributed by atoms with Crippen molar-refractivity contribution in [3.05, 3.63) is 35.9 Å². The number of benzene rings is 1. The summed E-state index contributed by atoms with van der Waals surface area (Å²) in [4.78, 5) is 25.5. The molecule has 1 rings (SSSR count). The molecule has 0 aliphatic carbocycles. The predicted octanol–water partition coefficient (Wildman–Crippen LogP) is 3.67. The van der Waals surface area contributed by atoms with Crippen LogP contribution in [-0.2, 0) is 20.9 Å². The Kier molecular flexibility index (Phi) is 7.84. The summed E-state index contributed by atoms with van der Waals surface area (Å²) in [6, 6.07) is 9.23. The maximum absolute atomic E-state index is 13.0. The molecule has 0 spiro atoms. The molecule has 6 nitrogen and oxygen atoms in total. The fourth-order valence-corrected chi connectivity index (χ4v) is 2.78. The van der Waals surface area contributed by atoms with E-state index in [2.05, 4.69) is 5.32 Å². The molecule has 0 aliphatic rings. The molecule has 6 heteroatoms. The summed E-state index contributed by atoms with van der Waals surface area (Å²) in [5.74, 6) is -1.38. The first-order chi connectivity index (χ1) is 12.4. The quantitative estimate of drug-likeness (QED) is 0.706. The highest BCUT2D eigenvalue weighted by Crippen LogP contribution is 2.30. The van der Waals surface area contributed by atoms with Crippen LogP contribution in [0.1, 0.15) is 54.0 Å². The molecule has 0 bridgehead atoms. The summed E-state index contributed by atoms with van der Waals surface area (Å²) in [6.07, 6.45) is -1.92. The average Bonchev–Trinajstić information content (AvgIpc) is 2.56. The number of amides is 1. The minimum atomic E-state index is -1.62. The van der Waals surface area contributed by atoms with Gasteiger partial charge >= 0.3 is 12.1 Å². The number of carbonyl (C=O) groups is 2. The monoisotopic (exact) mass is 379 g/mol. The fraction of sp³-hybridized carbons (Fsp3) is 0.619. The third-order valence-corrected chi connectivity index (χ3v) is 4.27. The van der Waals surface area contributed by atoms with Gasteiger partial charge in [-0.25, -0.2) is 9.59 Å². The van der Waals surface area contributed by atoms with Crippen LogP contribution >= 0.6 is 0 Å². The molecule has 0 saturated heterocycles. The Morgan fingerprint density at radius 2 is 1.63 bits per heavy atom. The second-order valence-electron chi connectivity index (χ2n) is 8.40. The Hall–Kier alpha value is -2.08. The molecule has 27 heavy (non-hydrogen) atoms. The van der Waals surface area contributed by atoms with Crippen molar-refractivity contribution in [3.8, 4) is 0 Å². The first-order valence-electron chi connectivity index (χ1n) is 9.30. The lowest BCUT2D eigenvalue weighted by molar-refractivity contribution is -0.173. The van der Waals surface area contributed by atoms with E-state index >= 15 is 0 Å². The number of ether oxygens (including phenoxy) is 2. The third-order valence-electron chi connectivity index (χ3n) is 4.27. The van der Waals surface area contributed by atoms with Crippen LogP contribution < -0.4 is 5.32 Å². The third kappa shape index (κ3) is 6.24. The number of hydrogen-bond donors (Lipinski definition) is 2. The van der Waals surface area contributed by atoms with Gasteiger partial charge in [0, 0.05) is 0 Å². The summed E-state index contributed by atoms with van der Waals surface area (Å²) < 4.78 is 10.8. The molecule has 0 heterocycles. The highest BCUT2D eigenvalue weighted by atomic mass is 16.6. The zero-order valence-electron chi connectivity index (χ0n) is 17.4. The zero-order valence-corrected chi connectivity index (χ0v) is 17.4. The Labute approximate surface area is 162 Å². The Morgan fingerprint density at radius 1 is 1.07 bits per heavy atom. The first kappa shape index (κ1) is 23.0. The molecule has 0 saturated carbocycles. The van der Waals surface area contributed by atoms with E-state index in [9.17, 15) is 14.7 Å². The van der Waals surface area contributed by atoms with E-state index in [0.717, 1.165) is 5.56 Å². The second kappa shape index (κ2) is 9.22. The molecule has 1 amide bonds. The number of rotatable bonds is 7. The fourth-order valence-electron chi connectivity index (χ4n) is 2.78. The van der Waals surface area contributed by atoms with Gasteiger partial charge in [-0.05, 0) is 38.2 Å². The normalized spacial score (nSPS) is 15.2. The van der Waals surface area contributed by atoms with Gasteiger partial charge in [-0.15, -0.1) is 0 Å². The van der Waals surface area contributed by atoms with Gasteiger partial charge in [0.25, 0.3) is 0 Å². The molecule has 0 radical (unpaired) electrons. The number of aliphatic hydroxyl groups is 1. The predicted molar refractivity (Wildman–Crippen MR) is 104 cm³/mol. The lowest BCUT2D eigenvalue weighted by Crippen LogP contribution is -2.67. The largest absolute Gasteiger partial charge is 0.458 e. The van der Waals surface area contributed by atoms with Crippen molar-refractivity contribution >= 4 is 12.1 Å². The summed E-state index contributed by atoms with van der Waals surface area (Å²) in [5.41, 5.74) is -1.55. The standard InChI is InChI=1S/C21H33NO5/c1-14(2)17(23)21(15(3)4,18(24)27-20(5,6)7)22-19(25)26-13-16-11-9-8-10-12-16/h8-12,14-15,17,23H,13H2,1-7H3,(H,22,25)/t17-,21+/m0/s1. The van der Waals surface area contributed by atoms with Gasteiger partial charge < -0.3 is 19.9 Å². The molecule has 0 fully saturated rings. The SMILES string of the molecule is CC(C)[C@H](O)[C@@](NC(=O)OCc1ccccc1)(C(=O)OC(C)(C)C)C(C)C. The molecular weight excluding hydrogens is 346 g/mol. The molecule has 0 unspecified atom stereocenters. The summed E-state index contributed by atoms with van der Waals surface area (Å²) in [7, 11) is 0. The summed E-state index contributed by atoms with van der Waals surface area (Å²) in [5, 5.41) is 13.5. The Balaban J connectivity index is 3.08. The van der Waals surface area contributed by atoms with E-state index in [4.69, 9.17) is 9.47 Å². The van der Waals surface area contributed by atoms with Crippen LogP contribution in [0.3, 0.4) is 0 Å². The number of hydrogen-bond acceptors (Lipinski definition) is 5. The topological polar surface area (TPSA) is 84.9 Å². The van der Waals surface area contributed by atoms with Gasteiger partial charge in [-0.1, -0.05) is 58.0 Å². The summed E-state index contributed by atoms with van der Waals surface area (Å²) in [6.45, 7) is 12.4. The van der Waals surface area contributed by atoms with Gasteiger partial charge in [0.2, 0.25) is 0 Å². The van der Waals surface area contributed by atoms with Crippen molar-refractivity contribution < 1.29 is 24.2 Å². The Bertz CT molecular complexity index is 621. The van der Waals surface area contributed by atoms with Crippen LogP contribution in [0.4, 0.5) is 4.79 Å². The van der Waals surface area contributed by atoms with Gasteiger partial charge in [-0.2, -0.15) is 0 Å². The highest BCUT2D eigenvalue weighted by molar-refractivity contribution is 5.87. The van der Waals surface area contributed by atoms with Crippen LogP contribution in [0.5, 0.6) is 0 Å². The van der Waals surface area contributed by atoms with Crippen molar-refractivity contribution in [2.45, 2.75) is 72.3 Å². The van der Waals surface area contributed by atoms with Gasteiger partial charge in [0.1, 0.15) is 12.2 Å². The minimum absolute atomic E-state index is 0.0624. The zero-order chi connectivity index (χ0) is 20.8. The van der Waals surface area contributed by atoms with Crippen molar-refractivity contribution in [1.29, 1.82) is 0 Å². The molecule has 152 valence electrons. The maximum Gasteiger partial charge on any atom is 0.408 e. The van der Waals surface area contributed by atoms with Crippen LogP contribution in [-0.4, -0.2) is 34.4 Å². The lowest BCUT2D eigenvalue weighted by Gasteiger charge is -2.42. The maximum atomic E-state index is 13.0. The van der Waals surface area contributed by atoms with E-state index < -0.39 is 35.2 Å². The molecule has 2 atom stereocenters. The molecule has 0 aromatic heterocycles. The van der Waals surface area contributed by atoms with E-state index in [0.29, 0.717) is 0 Å². The van der Waals surface area contributed by atoms with E-state index in [-0.39, 0.29) is 12.5 Å². The minimum Gasteiger partial charge on any atom is -0.458 e. The van der Waals surface area contributed by atoms with Gasteiger partial charge in [0.05, 0.1) is 6.10 Å². The molecule has 1 aromatic carbocycles. The van der Waals surface area contributed by atoms with Crippen LogP contribution in [0.15, 0.2) is 30.3 Å². The molecule has 1 aromatic rings. The van der Waals surface area contributed by atoms with Crippen LogP contribution in [0.2, 0.25) is 0 Å². The number of esters is 1. The van der Waals surface area contributed by atoms with Crippen molar-refractivity contribution in [2.75, 3.05) is 0 Å². The molecular formula is C21H33NO5. The second-order valence-corrected chi connectivity index (χ2v) is 8.40. The number of nitrogens with one attached hydrogen (secondary N) is 1. The number of alkyl carbamates (subject to hydrolysis) is 1. The molecule has 0 aliphatic heterocycles. The van der Waals surface area contributed by atoms with Crippen molar-refractivity contribution in [1.82, 2.24) is 5.32 Å². The van der Waals surface area contributed by atoms with Gasteiger partial charge in [-0.3, -0.25) is 0 Å². The van der Waals surface area contributed by atoms with Crippen LogP contribution in [0, 0.1) is 11.8 Å². The number of aliphatic hydroxyl groups excluding tert-OH is 1.